The summed E-state index contributed by atoms with van der Waals surface area (Å²) < 4.78 is 0. The van der Waals surface area contributed by atoms with Gasteiger partial charge in [0.1, 0.15) is 0 Å². The molecule has 17 heavy (non-hydrogen) atoms. The van der Waals surface area contributed by atoms with E-state index < -0.39 is 0 Å². The Balaban J connectivity index is 2.85. The molecule has 0 spiro atoms. The van der Waals surface area contributed by atoms with Crippen LogP contribution in [0.3, 0.4) is 0 Å². The molecule has 1 nitrogen and oxygen atoms in total. The minimum atomic E-state index is 0.649. The van der Waals surface area contributed by atoms with Crippen molar-refractivity contribution in [3.8, 4) is 0 Å². The summed E-state index contributed by atoms with van der Waals surface area (Å²) in [5.74, 6) is 1.40. The molecule has 0 saturated carbocycles. The molecule has 96 valence electrons. The second kappa shape index (κ2) is 7.50. The maximum absolute atomic E-state index is 3.51. The normalized spacial score (nSPS) is 14.6. The average molecular weight is 233 g/mol. The Hall–Kier alpha value is -0.820. The summed E-state index contributed by atoms with van der Waals surface area (Å²) >= 11 is 0. The predicted molar refractivity (Wildman–Crippen MR) is 76.5 cm³/mol. The van der Waals surface area contributed by atoms with Crippen LogP contribution in [0.1, 0.15) is 50.7 Å². The van der Waals surface area contributed by atoms with Gasteiger partial charge in [0.2, 0.25) is 0 Å². The summed E-state index contributed by atoms with van der Waals surface area (Å²) in [6.07, 6.45) is 2.58. The lowest BCUT2D eigenvalue weighted by Gasteiger charge is -2.26. The van der Waals surface area contributed by atoms with E-state index in [9.17, 15) is 0 Å². The first kappa shape index (κ1) is 14.2. The number of hydrogen-bond acceptors (Lipinski definition) is 1. The molecule has 0 fully saturated rings. The summed E-state index contributed by atoms with van der Waals surface area (Å²) in [5, 5.41) is 3.51. The Bertz CT molecular complexity index is 319. The van der Waals surface area contributed by atoms with E-state index in [1.54, 1.807) is 0 Å². The number of likely N-dealkylation sites (N-methyl/N-ethyl adjacent to an activating group) is 1. The molecule has 1 heteroatoms. The largest absolute Gasteiger partial charge is 0.316 e. The van der Waals surface area contributed by atoms with Crippen LogP contribution in [0, 0.1) is 12.8 Å². The van der Waals surface area contributed by atoms with Gasteiger partial charge in [-0.25, -0.2) is 0 Å². The lowest BCUT2D eigenvalue weighted by atomic mass is 9.82. The highest BCUT2D eigenvalue weighted by atomic mass is 14.8. The van der Waals surface area contributed by atoms with Crippen LogP contribution in [0.5, 0.6) is 0 Å². The summed E-state index contributed by atoms with van der Waals surface area (Å²) in [4.78, 5) is 0. The predicted octanol–water partition coefficient (Wildman–Crippen LogP) is 4.12. The maximum atomic E-state index is 3.51. The first-order valence-corrected chi connectivity index (χ1v) is 6.96. The number of rotatable bonds is 7. The fraction of sp³-hybridized carbons (Fsp3) is 0.625. The second-order valence-electron chi connectivity index (χ2n) is 5.04. The molecule has 1 aromatic carbocycles. The molecule has 2 unspecified atom stereocenters. The van der Waals surface area contributed by atoms with Crippen molar-refractivity contribution in [2.45, 2.75) is 46.5 Å². The summed E-state index contributed by atoms with van der Waals surface area (Å²) in [7, 11) is 0. The zero-order valence-corrected chi connectivity index (χ0v) is 11.8. The van der Waals surface area contributed by atoms with Gasteiger partial charge < -0.3 is 5.32 Å². The zero-order valence-electron chi connectivity index (χ0n) is 11.8. The van der Waals surface area contributed by atoms with Crippen molar-refractivity contribution < 1.29 is 0 Å². The third-order valence-electron chi connectivity index (χ3n) is 3.63. The Morgan fingerprint density at radius 3 is 2.47 bits per heavy atom. The molecule has 0 amide bonds. The molecule has 1 N–H and O–H groups in total. The smallest absolute Gasteiger partial charge is 0.00227 e. The van der Waals surface area contributed by atoms with Gasteiger partial charge in [0, 0.05) is 6.54 Å². The molecular weight excluding hydrogens is 206 g/mol. The van der Waals surface area contributed by atoms with Crippen molar-refractivity contribution in [1.29, 1.82) is 0 Å². The third kappa shape index (κ3) is 4.16. The van der Waals surface area contributed by atoms with Gasteiger partial charge in [0.15, 0.2) is 0 Å². The lowest BCUT2D eigenvalue weighted by molar-refractivity contribution is 0.405. The maximum Gasteiger partial charge on any atom is 0.00227 e. The molecule has 0 radical (unpaired) electrons. The van der Waals surface area contributed by atoms with Crippen LogP contribution in [0.2, 0.25) is 0 Å². The van der Waals surface area contributed by atoms with Gasteiger partial charge in [-0.3, -0.25) is 0 Å². The number of aryl methyl sites for hydroxylation is 1. The Morgan fingerprint density at radius 1 is 1.18 bits per heavy atom. The molecule has 0 saturated heterocycles. The van der Waals surface area contributed by atoms with Crippen LogP contribution in [0.4, 0.5) is 0 Å². The fourth-order valence-electron chi connectivity index (χ4n) is 2.58. The van der Waals surface area contributed by atoms with E-state index in [0.29, 0.717) is 5.92 Å². The molecule has 0 heterocycles. The molecular formula is C16H27N. The van der Waals surface area contributed by atoms with E-state index in [1.807, 2.05) is 0 Å². The average Bonchev–Trinajstić information content (AvgIpc) is 2.32. The van der Waals surface area contributed by atoms with Crippen LogP contribution in [-0.4, -0.2) is 13.1 Å². The van der Waals surface area contributed by atoms with E-state index in [0.717, 1.165) is 19.0 Å². The van der Waals surface area contributed by atoms with Crippen LogP contribution >= 0.6 is 0 Å². The van der Waals surface area contributed by atoms with Crippen molar-refractivity contribution in [2.75, 3.05) is 13.1 Å². The first-order valence-electron chi connectivity index (χ1n) is 6.96. The molecule has 1 rings (SSSR count). The van der Waals surface area contributed by atoms with Crippen molar-refractivity contribution in [2.24, 2.45) is 5.92 Å². The third-order valence-corrected chi connectivity index (χ3v) is 3.63. The number of hydrogen-bond donors (Lipinski definition) is 1. The van der Waals surface area contributed by atoms with Crippen molar-refractivity contribution in [3.63, 3.8) is 0 Å². The Labute approximate surface area is 107 Å². The highest BCUT2D eigenvalue weighted by Gasteiger charge is 2.19. The SMILES string of the molecule is CCCC(C)C(CNCC)c1ccccc1C. The monoisotopic (exact) mass is 233 g/mol. The number of benzene rings is 1. The van der Waals surface area contributed by atoms with E-state index >= 15 is 0 Å². The van der Waals surface area contributed by atoms with E-state index in [4.69, 9.17) is 0 Å². The van der Waals surface area contributed by atoms with E-state index in [-0.39, 0.29) is 0 Å². The topological polar surface area (TPSA) is 12.0 Å². The van der Waals surface area contributed by atoms with Crippen molar-refractivity contribution in [3.05, 3.63) is 35.4 Å². The van der Waals surface area contributed by atoms with Gasteiger partial charge in [-0.2, -0.15) is 0 Å². The van der Waals surface area contributed by atoms with Crippen LogP contribution in [0.15, 0.2) is 24.3 Å². The minimum absolute atomic E-state index is 0.649. The van der Waals surface area contributed by atoms with Gasteiger partial charge in [-0.05, 0) is 36.4 Å². The van der Waals surface area contributed by atoms with Gasteiger partial charge in [0.05, 0.1) is 0 Å². The summed E-state index contributed by atoms with van der Waals surface area (Å²) in [5.41, 5.74) is 2.95. The quantitative estimate of drug-likeness (QED) is 0.747. The van der Waals surface area contributed by atoms with Crippen LogP contribution in [-0.2, 0) is 0 Å². The molecule has 0 bridgehead atoms. The van der Waals surface area contributed by atoms with Crippen molar-refractivity contribution in [1.82, 2.24) is 5.32 Å². The molecule has 2 atom stereocenters. The molecule has 0 aromatic heterocycles. The van der Waals surface area contributed by atoms with Crippen molar-refractivity contribution >= 4 is 0 Å². The first-order chi connectivity index (χ1) is 8.20. The highest BCUT2D eigenvalue weighted by molar-refractivity contribution is 5.30. The lowest BCUT2D eigenvalue weighted by Crippen LogP contribution is -2.26. The minimum Gasteiger partial charge on any atom is -0.316 e. The van der Waals surface area contributed by atoms with Gasteiger partial charge in [0.25, 0.3) is 0 Å². The van der Waals surface area contributed by atoms with Crippen LogP contribution < -0.4 is 5.32 Å². The highest BCUT2D eigenvalue weighted by Crippen LogP contribution is 2.29. The molecule has 1 aromatic rings. The van der Waals surface area contributed by atoms with Gasteiger partial charge >= 0.3 is 0 Å². The molecule has 0 aliphatic heterocycles. The standard InChI is InChI=1S/C16H27N/c1-5-9-13(3)16(12-17-6-2)15-11-8-7-10-14(15)4/h7-8,10-11,13,16-17H,5-6,9,12H2,1-4H3. The summed E-state index contributed by atoms with van der Waals surface area (Å²) in [6, 6.07) is 8.82. The Morgan fingerprint density at radius 2 is 1.88 bits per heavy atom. The van der Waals surface area contributed by atoms with E-state index in [1.165, 1.54) is 24.0 Å². The Kier molecular flexibility index (Phi) is 6.28. The molecule has 0 aliphatic carbocycles. The molecule has 0 aliphatic rings. The summed E-state index contributed by atoms with van der Waals surface area (Å²) in [6.45, 7) is 11.2. The van der Waals surface area contributed by atoms with Gasteiger partial charge in [-0.1, -0.05) is 57.9 Å². The van der Waals surface area contributed by atoms with E-state index in [2.05, 4.69) is 57.3 Å². The number of nitrogens with one attached hydrogen (secondary N) is 1. The zero-order chi connectivity index (χ0) is 12.7. The second-order valence-corrected chi connectivity index (χ2v) is 5.04. The van der Waals surface area contributed by atoms with Gasteiger partial charge in [-0.15, -0.1) is 0 Å². The fourth-order valence-corrected chi connectivity index (χ4v) is 2.58. The van der Waals surface area contributed by atoms with Crippen LogP contribution in [0.25, 0.3) is 0 Å².